The number of amides is 1. The van der Waals surface area contributed by atoms with Crippen molar-refractivity contribution in [2.75, 3.05) is 26.2 Å². The van der Waals surface area contributed by atoms with E-state index in [1.807, 2.05) is 19.4 Å². The summed E-state index contributed by atoms with van der Waals surface area (Å²) in [6, 6.07) is 4.65. The van der Waals surface area contributed by atoms with E-state index in [0.717, 1.165) is 25.2 Å². The van der Waals surface area contributed by atoms with Crippen molar-refractivity contribution in [3.63, 3.8) is 0 Å². The lowest BCUT2D eigenvalue weighted by atomic mass is 10.1. The van der Waals surface area contributed by atoms with E-state index in [1.54, 1.807) is 28.6 Å². The van der Waals surface area contributed by atoms with Crippen LogP contribution in [0.3, 0.4) is 0 Å². The number of carbonyl (C=O) groups excluding carboxylic acids is 1. The summed E-state index contributed by atoms with van der Waals surface area (Å²) in [6.07, 6.45) is 3.84. The Kier molecular flexibility index (Phi) is 4.80. The van der Waals surface area contributed by atoms with Gasteiger partial charge >= 0.3 is 0 Å². The molecule has 8 nitrogen and oxygen atoms in total. The molecule has 2 heterocycles. The maximum Gasteiger partial charge on any atom is 0.273 e. The van der Waals surface area contributed by atoms with Crippen LogP contribution < -0.4 is 0 Å². The summed E-state index contributed by atoms with van der Waals surface area (Å²) in [5.41, 5.74) is 1.98. The van der Waals surface area contributed by atoms with Crippen LogP contribution in [0.15, 0.2) is 30.6 Å². The Bertz CT molecular complexity index is 793. The summed E-state index contributed by atoms with van der Waals surface area (Å²) in [5, 5.41) is 15.2. The maximum atomic E-state index is 12.7. The van der Waals surface area contributed by atoms with Gasteiger partial charge in [0.05, 0.1) is 11.1 Å². The van der Waals surface area contributed by atoms with Gasteiger partial charge in [0.25, 0.3) is 11.6 Å². The van der Waals surface area contributed by atoms with E-state index in [-0.39, 0.29) is 11.6 Å². The van der Waals surface area contributed by atoms with Crippen LogP contribution >= 0.6 is 0 Å². The maximum absolute atomic E-state index is 12.7. The molecule has 1 saturated heterocycles. The molecule has 8 heteroatoms. The first-order valence-electron chi connectivity index (χ1n) is 8.19. The number of carbonyl (C=O) groups is 1. The van der Waals surface area contributed by atoms with Gasteiger partial charge in [0, 0.05) is 68.7 Å². The van der Waals surface area contributed by atoms with Crippen molar-refractivity contribution in [1.82, 2.24) is 19.6 Å². The van der Waals surface area contributed by atoms with Crippen molar-refractivity contribution in [2.45, 2.75) is 13.5 Å². The van der Waals surface area contributed by atoms with Crippen LogP contribution in [0.1, 0.15) is 21.5 Å². The van der Waals surface area contributed by atoms with E-state index in [1.165, 1.54) is 6.07 Å². The highest BCUT2D eigenvalue weighted by molar-refractivity contribution is 5.96. The quantitative estimate of drug-likeness (QED) is 0.622. The largest absolute Gasteiger partial charge is 0.336 e. The molecular formula is C17H21N5O3. The predicted octanol–water partition coefficient (Wildman–Crippen LogP) is 1.59. The number of piperazine rings is 1. The Balaban J connectivity index is 1.64. The summed E-state index contributed by atoms with van der Waals surface area (Å²) in [5.74, 6) is -0.137. The first-order valence-corrected chi connectivity index (χ1v) is 8.19. The van der Waals surface area contributed by atoms with Crippen LogP contribution in [-0.4, -0.2) is 56.6 Å². The van der Waals surface area contributed by atoms with E-state index in [2.05, 4.69) is 10.00 Å². The fraction of sp³-hybridized carbons (Fsp3) is 0.412. The van der Waals surface area contributed by atoms with Crippen LogP contribution in [0.5, 0.6) is 0 Å². The molecule has 2 aromatic rings. The van der Waals surface area contributed by atoms with Crippen molar-refractivity contribution in [3.05, 3.63) is 57.4 Å². The molecule has 0 spiro atoms. The Morgan fingerprint density at radius 2 is 2.00 bits per heavy atom. The number of rotatable bonds is 4. The third-order valence-corrected chi connectivity index (χ3v) is 4.56. The van der Waals surface area contributed by atoms with Crippen LogP contribution in [-0.2, 0) is 13.6 Å². The van der Waals surface area contributed by atoms with Gasteiger partial charge in [-0.1, -0.05) is 6.07 Å². The topological polar surface area (TPSA) is 84.5 Å². The molecule has 0 saturated carbocycles. The predicted molar refractivity (Wildman–Crippen MR) is 92.2 cm³/mol. The zero-order chi connectivity index (χ0) is 18.0. The number of nitro benzene ring substituents is 1. The van der Waals surface area contributed by atoms with Crippen molar-refractivity contribution in [1.29, 1.82) is 0 Å². The van der Waals surface area contributed by atoms with Gasteiger partial charge < -0.3 is 4.90 Å². The Morgan fingerprint density at radius 1 is 1.28 bits per heavy atom. The van der Waals surface area contributed by atoms with E-state index < -0.39 is 4.92 Å². The third kappa shape index (κ3) is 3.69. The fourth-order valence-electron chi connectivity index (χ4n) is 3.14. The average Bonchev–Trinajstić information content (AvgIpc) is 3.00. The van der Waals surface area contributed by atoms with Gasteiger partial charge in [0.2, 0.25) is 0 Å². The molecule has 0 bridgehead atoms. The number of nitro groups is 1. The molecule has 0 radical (unpaired) electrons. The second-order valence-corrected chi connectivity index (χ2v) is 6.30. The first kappa shape index (κ1) is 17.1. The second kappa shape index (κ2) is 7.02. The molecule has 1 amide bonds. The van der Waals surface area contributed by atoms with Crippen molar-refractivity contribution >= 4 is 11.6 Å². The minimum Gasteiger partial charge on any atom is -0.336 e. The number of aryl methyl sites for hydroxylation is 1. The lowest BCUT2D eigenvalue weighted by molar-refractivity contribution is -0.385. The molecule has 3 rings (SSSR count). The summed E-state index contributed by atoms with van der Waals surface area (Å²) in [4.78, 5) is 27.4. The molecule has 0 atom stereocenters. The van der Waals surface area contributed by atoms with Crippen molar-refractivity contribution in [2.24, 2.45) is 7.05 Å². The number of nitrogens with zero attached hydrogens (tertiary/aromatic N) is 5. The molecule has 1 aliphatic rings. The van der Waals surface area contributed by atoms with Crippen molar-refractivity contribution < 1.29 is 9.72 Å². The molecule has 25 heavy (non-hydrogen) atoms. The lowest BCUT2D eigenvalue weighted by Crippen LogP contribution is -2.48. The van der Waals surface area contributed by atoms with Gasteiger partial charge in [-0.3, -0.25) is 24.5 Å². The molecule has 0 aliphatic carbocycles. The SMILES string of the molecule is Cc1c(C(=O)N2CCN(Cc3cnn(C)c3)CC2)cccc1[N+](=O)[O-]. The van der Waals surface area contributed by atoms with Crippen LogP contribution in [0.4, 0.5) is 5.69 Å². The molecule has 1 aromatic carbocycles. The normalized spacial score (nSPS) is 15.4. The molecule has 0 N–H and O–H groups in total. The average molecular weight is 343 g/mol. The van der Waals surface area contributed by atoms with E-state index in [4.69, 9.17) is 0 Å². The second-order valence-electron chi connectivity index (χ2n) is 6.30. The number of hydrogen-bond donors (Lipinski definition) is 0. The van der Waals surface area contributed by atoms with Crippen molar-refractivity contribution in [3.8, 4) is 0 Å². The van der Waals surface area contributed by atoms with Gasteiger partial charge in [-0.2, -0.15) is 5.10 Å². The molecule has 1 aliphatic heterocycles. The Labute approximate surface area is 145 Å². The zero-order valence-corrected chi connectivity index (χ0v) is 14.4. The first-order chi connectivity index (χ1) is 12.0. The fourth-order valence-corrected chi connectivity index (χ4v) is 3.14. The zero-order valence-electron chi connectivity index (χ0n) is 14.4. The summed E-state index contributed by atoms with van der Waals surface area (Å²) in [7, 11) is 1.89. The number of aromatic nitrogens is 2. The van der Waals surface area contributed by atoms with E-state index >= 15 is 0 Å². The Hall–Kier alpha value is -2.74. The van der Waals surface area contributed by atoms with Gasteiger partial charge in [0.15, 0.2) is 0 Å². The van der Waals surface area contributed by atoms with Gasteiger partial charge in [0.1, 0.15) is 0 Å². The highest BCUT2D eigenvalue weighted by atomic mass is 16.6. The highest BCUT2D eigenvalue weighted by Gasteiger charge is 2.25. The number of hydrogen-bond acceptors (Lipinski definition) is 5. The van der Waals surface area contributed by atoms with Gasteiger partial charge in [-0.15, -0.1) is 0 Å². The van der Waals surface area contributed by atoms with Crippen LogP contribution in [0.2, 0.25) is 0 Å². The minimum atomic E-state index is -0.446. The molecular weight excluding hydrogens is 322 g/mol. The van der Waals surface area contributed by atoms with Crippen LogP contribution in [0.25, 0.3) is 0 Å². The molecule has 132 valence electrons. The number of benzene rings is 1. The third-order valence-electron chi connectivity index (χ3n) is 4.56. The van der Waals surface area contributed by atoms with Gasteiger partial charge in [-0.05, 0) is 13.0 Å². The van der Waals surface area contributed by atoms with E-state index in [0.29, 0.717) is 24.2 Å². The molecule has 0 unspecified atom stereocenters. The molecule has 1 fully saturated rings. The standard InChI is InChI=1S/C17H21N5O3/c1-13-15(4-3-5-16(13)22(24)25)17(23)21-8-6-20(7-9-21)12-14-10-18-19(2)11-14/h3-5,10-11H,6-9,12H2,1-2H3. The monoisotopic (exact) mass is 343 g/mol. The summed E-state index contributed by atoms with van der Waals surface area (Å²) in [6.45, 7) is 5.21. The highest BCUT2D eigenvalue weighted by Crippen LogP contribution is 2.23. The Morgan fingerprint density at radius 3 is 2.60 bits per heavy atom. The molecule has 1 aromatic heterocycles. The smallest absolute Gasteiger partial charge is 0.273 e. The van der Waals surface area contributed by atoms with Gasteiger partial charge in [-0.25, -0.2) is 0 Å². The summed E-state index contributed by atoms with van der Waals surface area (Å²) >= 11 is 0. The van der Waals surface area contributed by atoms with E-state index in [9.17, 15) is 14.9 Å². The lowest BCUT2D eigenvalue weighted by Gasteiger charge is -2.34. The minimum absolute atomic E-state index is 0.0129. The summed E-state index contributed by atoms with van der Waals surface area (Å²) < 4.78 is 1.78. The van der Waals surface area contributed by atoms with Crippen LogP contribution in [0, 0.1) is 17.0 Å².